The summed E-state index contributed by atoms with van der Waals surface area (Å²) in [7, 11) is 0. The van der Waals surface area contributed by atoms with Crippen LogP contribution in [0, 0.1) is 13.8 Å². The molecule has 1 aliphatic rings. The number of esters is 1. The molecule has 0 bridgehead atoms. The lowest BCUT2D eigenvalue weighted by Crippen LogP contribution is -2.40. The summed E-state index contributed by atoms with van der Waals surface area (Å²) in [5.41, 5.74) is 3.49. The lowest BCUT2D eigenvalue weighted by Gasteiger charge is -2.33. The maximum Gasteiger partial charge on any atom is 0.317 e. The molecule has 0 aromatic heterocycles. The van der Waals surface area contributed by atoms with Gasteiger partial charge in [-0.15, -0.1) is 0 Å². The molecule has 0 spiro atoms. The van der Waals surface area contributed by atoms with Gasteiger partial charge in [0.05, 0.1) is 0 Å². The molecule has 1 fully saturated rings. The fourth-order valence-electron chi connectivity index (χ4n) is 2.04. The highest BCUT2D eigenvalue weighted by atomic mass is 16.6. The van der Waals surface area contributed by atoms with Gasteiger partial charge >= 0.3 is 5.97 Å². The SMILES string of the molecule is Cc1cc(C)cc(C2C(=O)OC2C)c1. The first-order valence-electron chi connectivity index (χ1n) is 4.86. The minimum atomic E-state index is -0.0949. The van der Waals surface area contributed by atoms with Crippen LogP contribution in [0.15, 0.2) is 18.2 Å². The monoisotopic (exact) mass is 190 g/mol. The van der Waals surface area contributed by atoms with Crippen molar-refractivity contribution in [1.29, 1.82) is 0 Å². The number of ether oxygens (including phenoxy) is 1. The summed E-state index contributed by atoms with van der Waals surface area (Å²) >= 11 is 0. The maximum absolute atomic E-state index is 11.2. The van der Waals surface area contributed by atoms with E-state index in [-0.39, 0.29) is 18.0 Å². The summed E-state index contributed by atoms with van der Waals surface area (Å²) in [6.07, 6.45) is 0.0312. The molecule has 74 valence electrons. The first-order valence-corrected chi connectivity index (χ1v) is 4.86. The minimum Gasteiger partial charge on any atom is -0.461 e. The van der Waals surface area contributed by atoms with E-state index in [1.807, 2.05) is 20.8 Å². The fraction of sp³-hybridized carbons (Fsp3) is 0.417. The zero-order chi connectivity index (χ0) is 10.3. The van der Waals surface area contributed by atoms with Crippen molar-refractivity contribution in [2.45, 2.75) is 32.8 Å². The van der Waals surface area contributed by atoms with Gasteiger partial charge in [-0.25, -0.2) is 0 Å². The molecular weight excluding hydrogens is 176 g/mol. The zero-order valence-corrected chi connectivity index (χ0v) is 8.70. The fourth-order valence-corrected chi connectivity index (χ4v) is 2.04. The highest BCUT2D eigenvalue weighted by Gasteiger charge is 2.40. The summed E-state index contributed by atoms with van der Waals surface area (Å²) in [6.45, 7) is 6.03. The molecule has 0 amide bonds. The largest absolute Gasteiger partial charge is 0.461 e. The van der Waals surface area contributed by atoms with E-state index < -0.39 is 0 Å². The summed E-state index contributed by atoms with van der Waals surface area (Å²) in [6, 6.07) is 6.24. The predicted octanol–water partition coefficient (Wildman–Crippen LogP) is 2.33. The van der Waals surface area contributed by atoms with Crippen LogP contribution in [0.3, 0.4) is 0 Å². The van der Waals surface area contributed by atoms with Crippen LogP contribution in [-0.2, 0) is 9.53 Å². The number of hydrogen-bond acceptors (Lipinski definition) is 2. The normalized spacial score (nSPS) is 25.5. The number of benzene rings is 1. The third-order valence-corrected chi connectivity index (χ3v) is 2.63. The molecule has 0 aliphatic carbocycles. The summed E-state index contributed by atoms with van der Waals surface area (Å²) in [5.74, 6) is -0.143. The van der Waals surface area contributed by atoms with Crippen LogP contribution >= 0.6 is 0 Å². The van der Waals surface area contributed by atoms with Crippen LogP contribution in [0.4, 0.5) is 0 Å². The van der Waals surface area contributed by atoms with Crippen LogP contribution in [0.5, 0.6) is 0 Å². The molecule has 2 nitrogen and oxygen atoms in total. The Kier molecular flexibility index (Phi) is 2.06. The molecule has 2 rings (SSSR count). The predicted molar refractivity (Wildman–Crippen MR) is 54.2 cm³/mol. The van der Waals surface area contributed by atoms with Gasteiger partial charge in [0.1, 0.15) is 12.0 Å². The van der Waals surface area contributed by atoms with E-state index in [1.165, 1.54) is 11.1 Å². The van der Waals surface area contributed by atoms with Crippen molar-refractivity contribution < 1.29 is 9.53 Å². The molecule has 1 heterocycles. The zero-order valence-electron chi connectivity index (χ0n) is 8.70. The summed E-state index contributed by atoms with van der Waals surface area (Å²) in [5, 5.41) is 0. The average Bonchev–Trinajstić information content (AvgIpc) is 2.00. The topological polar surface area (TPSA) is 26.3 Å². The van der Waals surface area contributed by atoms with Crippen molar-refractivity contribution in [3.8, 4) is 0 Å². The molecule has 1 aromatic rings. The van der Waals surface area contributed by atoms with Crippen molar-refractivity contribution in [3.63, 3.8) is 0 Å². The quantitative estimate of drug-likeness (QED) is 0.635. The Balaban J connectivity index is 2.36. The Labute approximate surface area is 83.9 Å². The van der Waals surface area contributed by atoms with Crippen LogP contribution < -0.4 is 0 Å². The molecule has 2 heteroatoms. The molecule has 0 N–H and O–H groups in total. The van der Waals surface area contributed by atoms with E-state index in [0.717, 1.165) is 5.56 Å². The van der Waals surface area contributed by atoms with Crippen molar-refractivity contribution in [2.75, 3.05) is 0 Å². The summed E-state index contributed by atoms with van der Waals surface area (Å²) < 4.78 is 4.95. The highest BCUT2D eigenvalue weighted by molar-refractivity contribution is 5.84. The van der Waals surface area contributed by atoms with Crippen molar-refractivity contribution >= 4 is 5.97 Å². The maximum atomic E-state index is 11.2. The van der Waals surface area contributed by atoms with E-state index in [9.17, 15) is 4.79 Å². The lowest BCUT2D eigenvalue weighted by molar-refractivity contribution is -0.172. The average molecular weight is 190 g/mol. The molecule has 1 aliphatic heterocycles. The smallest absolute Gasteiger partial charge is 0.317 e. The second kappa shape index (κ2) is 3.12. The van der Waals surface area contributed by atoms with Gasteiger partial charge in [-0.1, -0.05) is 29.3 Å². The van der Waals surface area contributed by atoms with Gasteiger partial charge < -0.3 is 4.74 Å². The number of carbonyl (C=O) groups is 1. The van der Waals surface area contributed by atoms with Gasteiger partial charge in [-0.2, -0.15) is 0 Å². The highest BCUT2D eigenvalue weighted by Crippen LogP contribution is 2.33. The van der Waals surface area contributed by atoms with Crippen LogP contribution in [0.25, 0.3) is 0 Å². The molecular formula is C12H14O2. The van der Waals surface area contributed by atoms with E-state index in [1.54, 1.807) is 0 Å². The van der Waals surface area contributed by atoms with Gasteiger partial charge in [-0.3, -0.25) is 4.79 Å². The Morgan fingerprint density at radius 3 is 2.14 bits per heavy atom. The number of cyclic esters (lactones) is 1. The van der Waals surface area contributed by atoms with Crippen molar-refractivity contribution in [1.82, 2.24) is 0 Å². The second-order valence-corrected chi connectivity index (χ2v) is 4.04. The van der Waals surface area contributed by atoms with E-state index in [4.69, 9.17) is 4.74 Å². The first kappa shape index (κ1) is 9.25. The van der Waals surface area contributed by atoms with E-state index in [0.29, 0.717) is 0 Å². The molecule has 1 aromatic carbocycles. The Bertz CT molecular complexity index is 362. The second-order valence-electron chi connectivity index (χ2n) is 4.04. The van der Waals surface area contributed by atoms with Gasteiger partial charge in [0, 0.05) is 0 Å². The number of hydrogen-bond donors (Lipinski definition) is 0. The van der Waals surface area contributed by atoms with Gasteiger partial charge in [-0.05, 0) is 26.3 Å². The number of carbonyl (C=O) groups excluding carboxylic acids is 1. The van der Waals surface area contributed by atoms with E-state index >= 15 is 0 Å². The minimum absolute atomic E-state index is 0.0312. The molecule has 0 saturated carbocycles. The molecule has 14 heavy (non-hydrogen) atoms. The van der Waals surface area contributed by atoms with Crippen molar-refractivity contribution in [2.24, 2.45) is 0 Å². The Morgan fingerprint density at radius 2 is 1.71 bits per heavy atom. The molecule has 2 unspecified atom stereocenters. The van der Waals surface area contributed by atoms with Crippen LogP contribution in [0.2, 0.25) is 0 Å². The number of aryl methyl sites for hydroxylation is 2. The first-order chi connectivity index (χ1) is 6.58. The molecule has 0 radical (unpaired) electrons. The standard InChI is InChI=1S/C12H14O2/c1-7-4-8(2)6-10(5-7)11-9(3)14-12(11)13/h4-6,9,11H,1-3H3. The Morgan fingerprint density at radius 1 is 1.14 bits per heavy atom. The van der Waals surface area contributed by atoms with Gasteiger partial charge in [0.25, 0.3) is 0 Å². The lowest BCUT2D eigenvalue weighted by atomic mass is 9.88. The van der Waals surface area contributed by atoms with Crippen molar-refractivity contribution in [3.05, 3.63) is 34.9 Å². The molecule has 2 atom stereocenters. The van der Waals surface area contributed by atoms with E-state index in [2.05, 4.69) is 18.2 Å². The molecule has 1 saturated heterocycles. The van der Waals surface area contributed by atoms with Gasteiger partial charge in [0.15, 0.2) is 0 Å². The van der Waals surface area contributed by atoms with Crippen LogP contribution in [0.1, 0.15) is 29.5 Å². The Hall–Kier alpha value is -1.31. The van der Waals surface area contributed by atoms with Crippen LogP contribution in [-0.4, -0.2) is 12.1 Å². The van der Waals surface area contributed by atoms with Gasteiger partial charge in [0.2, 0.25) is 0 Å². The third-order valence-electron chi connectivity index (χ3n) is 2.63. The summed E-state index contributed by atoms with van der Waals surface area (Å²) in [4.78, 5) is 11.2. The third kappa shape index (κ3) is 1.41. The number of rotatable bonds is 1.